The van der Waals surface area contributed by atoms with E-state index >= 15 is 0 Å². The molecule has 0 fully saturated rings. The normalized spacial score (nSPS) is 14.7. The van der Waals surface area contributed by atoms with Crippen LogP contribution in [0.5, 0.6) is 17.2 Å². The van der Waals surface area contributed by atoms with Crippen molar-refractivity contribution < 1.29 is 23.7 Å². The minimum atomic E-state index is -0.798. The second kappa shape index (κ2) is 13.7. The first-order valence-corrected chi connectivity index (χ1v) is 15.8. The molecule has 10 heteroatoms. The zero-order valence-corrected chi connectivity index (χ0v) is 27.6. The molecule has 1 aromatic heterocycles. The third-order valence-corrected chi connectivity index (χ3v) is 8.41. The standard InChI is InChI=1S/C35H35ClN2O6S/c1-7-42-34(40)30-22(5)37-35-38(31(30)25-10-8-9-11-27(25)44-20(2)3)33(39)29(45-35)18-24-16-26(36)32(28(17-24)41-6)43-19-23-14-12-21(4)13-15-23/h8-18,20,31H,7,19H2,1-6H3/b29-18+/t31-/m1/s1. The van der Waals surface area contributed by atoms with Crippen molar-refractivity contribution in [2.75, 3.05) is 13.7 Å². The van der Waals surface area contributed by atoms with Gasteiger partial charge >= 0.3 is 5.97 Å². The van der Waals surface area contributed by atoms with E-state index in [1.165, 1.54) is 15.9 Å². The first-order chi connectivity index (χ1) is 21.6. The van der Waals surface area contributed by atoms with Gasteiger partial charge in [0.2, 0.25) is 0 Å². The highest BCUT2D eigenvalue weighted by atomic mass is 35.5. The summed E-state index contributed by atoms with van der Waals surface area (Å²) in [6, 6.07) is 18.1. The maximum Gasteiger partial charge on any atom is 0.338 e. The Kier molecular flexibility index (Phi) is 9.80. The quantitative estimate of drug-likeness (QED) is 0.193. The lowest BCUT2D eigenvalue weighted by Crippen LogP contribution is -2.40. The van der Waals surface area contributed by atoms with Crippen LogP contribution in [-0.4, -0.2) is 30.4 Å². The number of carbonyl (C=O) groups excluding carboxylic acids is 1. The van der Waals surface area contributed by atoms with Crippen molar-refractivity contribution in [3.63, 3.8) is 0 Å². The molecule has 0 saturated heterocycles. The van der Waals surface area contributed by atoms with E-state index in [9.17, 15) is 9.59 Å². The molecule has 1 atom stereocenters. The van der Waals surface area contributed by atoms with Crippen molar-refractivity contribution in [2.24, 2.45) is 4.99 Å². The van der Waals surface area contributed by atoms with Gasteiger partial charge in [0, 0.05) is 5.56 Å². The Morgan fingerprint density at radius 2 is 1.82 bits per heavy atom. The van der Waals surface area contributed by atoms with Crippen LogP contribution in [0.3, 0.4) is 0 Å². The number of fused-ring (bicyclic) bond motifs is 1. The van der Waals surface area contributed by atoms with Crippen LogP contribution in [0.15, 0.2) is 81.7 Å². The van der Waals surface area contributed by atoms with Gasteiger partial charge in [-0.3, -0.25) is 9.36 Å². The van der Waals surface area contributed by atoms with Gasteiger partial charge in [0.15, 0.2) is 16.3 Å². The average Bonchev–Trinajstić information content (AvgIpc) is 3.30. The fourth-order valence-electron chi connectivity index (χ4n) is 5.11. The van der Waals surface area contributed by atoms with Crippen LogP contribution in [0.2, 0.25) is 5.02 Å². The fraction of sp³-hybridized carbons (Fsp3) is 0.286. The van der Waals surface area contributed by atoms with Gasteiger partial charge in [-0.1, -0.05) is 71.0 Å². The fourth-order valence-corrected chi connectivity index (χ4v) is 6.43. The summed E-state index contributed by atoms with van der Waals surface area (Å²) in [5, 5.41) is 0.346. The Morgan fingerprint density at radius 1 is 1.09 bits per heavy atom. The van der Waals surface area contributed by atoms with Crippen molar-refractivity contribution in [2.45, 2.75) is 53.4 Å². The minimum absolute atomic E-state index is 0.123. The average molecular weight is 647 g/mol. The molecule has 2 heterocycles. The van der Waals surface area contributed by atoms with E-state index < -0.39 is 12.0 Å². The second-order valence-electron chi connectivity index (χ2n) is 10.8. The maximum atomic E-state index is 14.1. The molecule has 1 aliphatic heterocycles. The van der Waals surface area contributed by atoms with E-state index in [0.29, 0.717) is 55.0 Å². The van der Waals surface area contributed by atoms with Crippen LogP contribution in [0, 0.1) is 6.92 Å². The number of esters is 1. The molecule has 4 aromatic rings. The highest BCUT2D eigenvalue weighted by Crippen LogP contribution is 2.38. The monoisotopic (exact) mass is 646 g/mol. The number of rotatable bonds is 10. The highest BCUT2D eigenvalue weighted by molar-refractivity contribution is 7.07. The number of allylic oxidation sites excluding steroid dienone is 1. The van der Waals surface area contributed by atoms with Gasteiger partial charge < -0.3 is 18.9 Å². The number of benzene rings is 3. The van der Waals surface area contributed by atoms with E-state index in [-0.39, 0.29) is 23.8 Å². The summed E-state index contributed by atoms with van der Waals surface area (Å²) >= 11 is 7.91. The van der Waals surface area contributed by atoms with Crippen LogP contribution < -0.4 is 29.1 Å². The summed E-state index contributed by atoms with van der Waals surface area (Å²) in [6.45, 7) is 9.87. The Bertz CT molecular complexity index is 1940. The highest BCUT2D eigenvalue weighted by Gasteiger charge is 2.35. The van der Waals surface area contributed by atoms with Crippen molar-refractivity contribution >= 4 is 35.0 Å². The molecule has 0 aliphatic carbocycles. The molecule has 234 valence electrons. The number of hydrogen-bond donors (Lipinski definition) is 0. The number of aryl methyl sites for hydroxylation is 1. The van der Waals surface area contributed by atoms with Gasteiger partial charge in [-0.2, -0.15) is 0 Å². The number of carbonyl (C=O) groups is 1. The van der Waals surface area contributed by atoms with Crippen LogP contribution in [0.1, 0.15) is 56.0 Å². The van der Waals surface area contributed by atoms with Crippen molar-refractivity contribution in [3.8, 4) is 17.2 Å². The van der Waals surface area contributed by atoms with Crippen LogP contribution in [-0.2, 0) is 16.1 Å². The number of hydrogen-bond acceptors (Lipinski definition) is 8. The van der Waals surface area contributed by atoms with Gasteiger partial charge in [0.05, 0.1) is 40.6 Å². The molecule has 8 nitrogen and oxygen atoms in total. The number of thiazole rings is 1. The van der Waals surface area contributed by atoms with E-state index in [4.69, 9.17) is 30.5 Å². The van der Waals surface area contributed by atoms with Gasteiger partial charge in [-0.15, -0.1) is 0 Å². The smallest absolute Gasteiger partial charge is 0.338 e. The van der Waals surface area contributed by atoms with E-state index in [2.05, 4.69) is 4.99 Å². The topological polar surface area (TPSA) is 88.4 Å². The summed E-state index contributed by atoms with van der Waals surface area (Å²) in [6.07, 6.45) is 1.61. The predicted octanol–water partition coefficient (Wildman–Crippen LogP) is 6.13. The molecule has 0 N–H and O–H groups in total. The number of halogens is 1. The Labute approximate surface area is 270 Å². The van der Waals surface area contributed by atoms with E-state index in [1.807, 2.05) is 69.3 Å². The molecule has 0 bridgehead atoms. The van der Waals surface area contributed by atoms with Crippen LogP contribution >= 0.6 is 22.9 Å². The van der Waals surface area contributed by atoms with Crippen LogP contribution in [0.25, 0.3) is 6.08 Å². The summed E-state index contributed by atoms with van der Waals surface area (Å²) in [7, 11) is 1.54. The molecule has 45 heavy (non-hydrogen) atoms. The molecule has 0 radical (unpaired) electrons. The summed E-state index contributed by atoms with van der Waals surface area (Å²) in [5.74, 6) is 0.887. The van der Waals surface area contributed by atoms with Gasteiger partial charge in [0.1, 0.15) is 18.4 Å². The lowest BCUT2D eigenvalue weighted by atomic mass is 9.95. The van der Waals surface area contributed by atoms with E-state index in [1.54, 1.807) is 39.2 Å². The van der Waals surface area contributed by atoms with Crippen molar-refractivity contribution in [3.05, 3.63) is 119 Å². The molecule has 5 rings (SSSR count). The third kappa shape index (κ3) is 6.84. The number of nitrogens with zero attached hydrogens (tertiary/aromatic N) is 2. The molecule has 1 aliphatic rings. The second-order valence-corrected chi connectivity index (χ2v) is 12.2. The lowest BCUT2D eigenvalue weighted by Gasteiger charge is -2.26. The Morgan fingerprint density at radius 3 is 2.51 bits per heavy atom. The van der Waals surface area contributed by atoms with Crippen molar-refractivity contribution in [1.82, 2.24) is 4.57 Å². The first-order valence-electron chi connectivity index (χ1n) is 14.6. The number of ether oxygens (including phenoxy) is 4. The third-order valence-electron chi connectivity index (χ3n) is 7.15. The number of methoxy groups -OCH3 is 1. The molecule has 3 aromatic carbocycles. The predicted molar refractivity (Wildman–Crippen MR) is 176 cm³/mol. The lowest BCUT2D eigenvalue weighted by molar-refractivity contribution is -0.139. The molecular weight excluding hydrogens is 612 g/mol. The summed E-state index contributed by atoms with van der Waals surface area (Å²) < 4.78 is 25.1. The Hall–Kier alpha value is -4.34. The molecule has 0 saturated carbocycles. The van der Waals surface area contributed by atoms with E-state index in [0.717, 1.165) is 11.1 Å². The first kappa shape index (κ1) is 32.1. The molecule has 0 amide bonds. The largest absolute Gasteiger partial charge is 0.493 e. The summed E-state index contributed by atoms with van der Waals surface area (Å²) in [4.78, 5) is 32.6. The zero-order chi connectivity index (χ0) is 32.2. The SMILES string of the molecule is CCOC(=O)C1=C(C)N=c2s/c(=C/c3cc(Cl)c(OCc4ccc(C)cc4)c(OC)c3)c(=O)n2[C@@H]1c1ccccc1OC(C)C. The van der Waals surface area contributed by atoms with Gasteiger partial charge in [-0.05, 0) is 70.0 Å². The van der Waals surface area contributed by atoms with Gasteiger partial charge in [-0.25, -0.2) is 9.79 Å². The minimum Gasteiger partial charge on any atom is -0.493 e. The number of aromatic nitrogens is 1. The van der Waals surface area contributed by atoms with Crippen molar-refractivity contribution in [1.29, 1.82) is 0 Å². The maximum absolute atomic E-state index is 14.1. The zero-order valence-electron chi connectivity index (χ0n) is 26.0. The molecule has 0 unspecified atom stereocenters. The summed E-state index contributed by atoms with van der Waals surface area (Å²) in [5.41, 5.74) is 3.92. The van der Waals surface area contributed by atoms with Crippen LogP contribution in [0.4, 0.5) is 0 Å². The number of para-hydroxylation sites is 1. The van der Waals surface area contributed by atoms with Gasteiger partial charge in [0.25, 0.3) is 5.56 Å². The molecule has 0 spiro atoms. The Balaban J connectivity index is 1.60. The molecular formula is C35H35ClN2O6S.